The molecule has 0 aliphatic carbocycles. The highest BCUT2D eigenvalue weighted by Crippen LogP contribution is 2.24. The maximum atomic E-state index is 12.1. The molecule has 2 heterocycles. The molecular weight excluding hydrogens is 274 g/mol. The van der Waals surface area contributed by atoms with Crippen molar-refractivity contribution in [2.75, 3.05) is 45.8 Å². The van der Waals surface area contributed by atoms with E-state index >= 15 is 0 Å². The number of piperidine rings is 1. The predicted molar refractivity (Wildman–Crippen MR) is 94.0 cm³/mol. The first-order valence-corrected chi connectivity index (χ1v) is 9.37. The molecule has 130 valence electrons. The van der Waals surface area contributed by atoms with E-state index in [4.69, 9.17) is 0 Å². The van der Waals surface area contributed by atoms with Gasteiger partial charge in [-0.3, -0.25) is 4.79 Å². The topological polar surface area (TPSA) is 35.6 Å². The maximum absolute atomic E-state index is 12.1. The van der Waals surface area contributed by atoms with Crippen LogP contribution in [0.15, 0.2) is 0 Å². The third kappa shape index (κ3) is 6.66. The van der Waals surface area contributed by atoms with Crippen LogP contribution in [0.25, 0.3) is 0 Å². The zero-order valence-electron chi connectivity index (χ0n) is 15.2. The lowest BCUT2D eigenvalue weighted by Gasteiger charge is -2.34. The predicted octanol–water partition coefficient (Wildman–Crippen LogP) is 2.59. The largest absolute Gasteiger partial charge is 0.340 e. The van der Waals surface area contributed by atoms with Crippen LogP contribution in [0, 0.1) is 11.8 Å². The van der Waals surface area contributed by atoms with Crippen LogP contribution < -0.4 is 5.32 Å². The van der Waals surface area contributed by atoms with E-state index in [1.807, 2.05) is 18.7 Å². The normalized spacial score (nSPS) is 20.7. The first kappa shape index (κ1) is 19.4. The van der Waals surface area contributed by atoms with Crippen LogP contribution in [0.4, 0.5) is 0 Å². The molecule has 2 fully saturated rings. The van der Waals surface area contributed by atoms with Gasteiger partial charge in [0.25, 0.3) is 0 Å². The van der Waals surface area contributed by atoms with Gasteiger partial charge >= 0.3 is 0 Å². The fourth-order valence-electron chi connectivity index (χ4n) is 3.37. The van der Waals surface area contributed by atoms with Gasteiger partial charge in [-0.1, -0.05) is 27.7 Å². The molecule has 2 aliphatic rings. The first-order chi connectivity index (χ1) is 10.7. The molecule has 4 nitrogen and oxygen atoms in total. The van der Waals surface area contributed by atoms with Gasteiger partial charge in [-0.15, -0.1) is 0 Å². The fraction of sp³-hybridized carbons (Fsp3) is 0.944. The van der Waals surface area contributed by atoms with Gasteiger partial charge in [-0.25, -0.2) is 0 Å². The number of nitrogens with one attached hydrogen (secondary N) is 1. The molecule has 4 heteroatoms. The number of nitrogens with zero attached hydrogens (tertiary/aromatic N) is 2. The molecule has 0 bridgehead atoms. The molecule has 0 aromatic heterocycles. The first-order valence-electron chi connectivity index (χ1n) is 9.37. The Kier molecular flexibility index (Phi) is 9.73. The van der Waals surface area contributed by atoms with Crippen molar-refractivity contribution in [1.82, 2.24) is 15.1 Å². The van der Waals surface area contributed by atoms with Gasteiger partial charge in [0.15, 0.2) is 0 Å². The maximum Gasteiger partial charge on any atom is 0.222 e. The van der Waals surface area contributed by atoms with E-state index in [0.29, 0.717) is 5.91 Å². The second-order valence-corrected chi connectivity index (χ2v) is 6.66. The van der Waals surface area contributed by atoms with Gasteiger partial charge < -0.3 is 15.1 Å². The Morgan fingerprint density at radius 1 is 1.09 bits per heavy atom. The molecular formula is C18H37N3O. The van der Waals surface area contributed by atoms with Crippen LogP contribution >= 0.6 is 0 Å². The minimum Gasteiger partial charge on any atom is -0.340 e. The Morgan fingerprint density at radius 2 is 1.68 bits per heavy atom. The minimum absolute atomic E-state index is 0.351. The lowest BCUT2D eigenvalue weighted by Crippen LogP contribution is -2.46. The fourth-order valence-corrected chi connectivity index (χ4v) is 3.37. The van der Waals surface area contributed by atoms with E-state index in [9.17, 15) is 4.79 Å². The van der Waals surface area contributed by atoms with Crippen molar-refractivity contribution >= 4 is 5.91 Å². The Balaban J connectivity index is 0.00000116. The third-order valence-electron chi connectivity index (χ3n) is 4.91. The molecule has 0 unspecified atom stereocenters. The summed E-state index contributed by atoms with van der Waals surface area (Å²) in [6.45, 7) is 15.9. The highest BCUT2D eigenvalue weighted by molar-refractivity contribution is 5.76. The lowest BCUT2D eigenvalue weighted by molar-refractivity contribution is -0.131. The summed E-state index contributed by atoms with van der Waals surface area (Å²) in [5, 5.41) is 3.29. The SMILES string of the molecule is CC.CC(C)C1CCN(CCCC(=O)N2CCNCC2)CC1. The molecule has 1 N–H and O–H groups in total. The summed E-state index contributed by atoms with van der Waals surface area (Å²) in [6.07, 6.45) is 4.42. The van der Waals surface area contributed by atoms with Crippen LogP contribution in [0.1, 0.15) is 53.4 Å². The number of hydrogen-bond acceptors (Lipinski definition) is 3. The number of carbonyl (C=O) groups is 1. The van der Waals surface area contributed by atoms with Crippen LogP contribution in [-0.2, 0) is 4.79 Å². The summed E-state index contributed by atoms with van der Waals surface area (Å²) in [5.74, 6) is 2.09. The highest BCUT2D eigenvalue weighted by atomic mass is 16.2. The molecule has 0 atom stereocenters. The molecule has 2 saturated heterocycles. The van der Waals surface area contributed by atoms with E-state index in [2.05, 4.69) is 24.1 Å². The van der Waals surface area contributed by atoms with Crippen LogP contribution in [0.2, 0.25) is 0 Å². The number of likely N-dealkylation sites (tertiary alicyclic amines) is 1. The Morgan fingerprint density at radius 3 is 2.23 bits per heavy atom. The Labute approximate surface area is 137 Å². The lowest BCUT2D eigenvalue weighted by atomic mass is 9.87. The summed E-state index contributed by atoms with van der Waals surface area (Å²) in [6, 6.07) is 0. The van der Waals surface area contributed by atoms with Crippen molar-refractivity contribution in [3.63, 3.8) is 0 Å². The van der Waals surface area contributed by atoms with E-state index in [0.717, 1.165) is 57.4 Å². The average molecular weight is 312 g/mol. The molecule has 0 saturated carbocycles. The summed E-state index contributed by atoms with van der Waals surface area (Å²) in [5.41, 5.74) is 0. The molecule has 0 aromatic carbocycles. The third-order valence-corrected chi connectivity index (χ3v) is 4.91. The summed E-state index contributed by atoms with van der Waals surface area (Å²) in [4.78, 5) is 16.6. The molecule has 22 heavy (non-hydrogen) atoms. The minimum atomic E-state index is 0.351. The number of hydrogen-bond donors (Lipinski definition) is 1. The van der Waals surface area contributed by atoms with Crippen molar-refractivity contribution in [1.29, 1.82) is 0 Å². The summed E-state index contributed by atoms with van der Waals surface area (Å²) in [7, 11) is 0. The van der Waals surface area contributed by atoms with Crippen molar-refractivity contribution in [2.45, 2.75) is 53.4 Å². The van der Waals surface area contributed by atoms with Gasteiger partial charge in [0.1, 0.15) is 0 Å². The second kappa shape index (κ2) is 11.0. The van der Waals surface area contributed by atoms with Crippen LogP contribution in [0.5, 0.6) is 0 Å². The van der Waals surface area contributed by atoms with Crippen molar-refractivity contribution in [2.24, 2.45) is 11.8 Å². The quantitative estimate of drug-likeness (QED) is 0.848. The molecule has 0 radical (unpaired) electrons. The van der Waals surface area contributed by atoms with E-state index < -0.39 is 0 Å². The van der Waals surface area contributed by atoms with Gasteiger partial charge in [0.2, 0.25) is 5.91 Å². The number of carbonyl (C=O) groups excluding carboxylic acids is 1. The van der Waals surface area contributed by atoms with Crippen LogP contribution in [0.3, 0.4) is 0 Å². The summed E-state index contributed by atoms with van der Waals surface area (Å²) >= 11 is 0. The number of piperazine rings is 1. The average Bonchev–Trinajstić information content (AvgIpc) is 2.58. The van der Waals surface area contributed by atoms with Crippen LogP contribution in [-0.4, -0.2) is 61.5 Å². The molecule has 2 aliphatic heterocycles. The molecule has 0 aromatic rings. The monoisotopic (exact) mass is 311 g/mol. The molecule has 1 amide bonds. The number of amides is 1. The zero-order valence-corrected chi connectivity index (χ0v) is 15.2. The van der Waals surface area contributed by atoms with Gasteiger partial charge in [-0.2, -0.15) is 0 Å². The Hall–Kier alpha value is -0.610. The van der Waals surface area contributed by atoms with Crippen molar-refractivity contribution in [3.05, 3.63) is 0 Å². The summed E-state index contributed by atoms with van der Waals surface area (Å²) < 4.78 is 0. The number of rotatable bonds is 5. The molecule has 0 spiro atoms. The van der Waals surface area contributed by atoms with Gasteiger partial charge in [-0.05, 0) is 50.7 Å². The van der Waals surface area contributed by atoms with Crippen molar-refractivity contribution < 1.29 is 4.79 Å². The zero-order chi connectivity index (χ0) is 16.4. The standard InChI is InChI=1S/C16H31N3O.C2H6/c1-14(2)15-5-10-18(11-6-15)9-3-4-16(20)19-12-7-17-8-13-19;1-2/h14-15,17H,3-13H2,1-2H3;1-2H3. The van der Waals surface area contributed by atoms with Gasteiger partial charge in [0.05, 0.1) is 0 Å². The van der Waals surface area contributed by atoms with E-state index in [1.54, 1.807) is 0 Å². The second-order valence-electron chi connectivity index (χ2n) is 6.66. The van der Waals surface area contributed by atoms with E-state index in [1.165, 1.54) is 25.9 Å². The van der Waals surface area contributed by atoms with Crippen molar-refractivity contribution in [3.8, 4) is 0 Å². The highest BCUT2D eigenvalue weighted by Gasteiger charge is 2.21. The smallest absolute Gasteiger partial charge is 0.222 e. The Bertz CT molecular complexity index is 293. The molecule has 2 rings (SSSR count). The van der Waals surface area contributed by atoms with Gasteiger partial charge in [0, 0.05) is 32.6 Å². The van der Waals surface area contributed by atoms with E-state index in [-0.39, 0.29) is 0 Å².